The minimum atomic E-state index is 0.392. The van der Waals surface area contributed by atoms with Crippen molar-refractivity contribution in [2.45, 2.75) is 13.0 Å². The zero-order chi connectivity index (χ0) is 11.8. The Morgan fingerprint density at radius 1 is 1.47 bits per heavy atom. The molecule has 2 aromatic heterocycles. The molecule has 90 valence electrons. The molecular weight excluding hydrogens is 238 g/mol. The van der Waals surface area contributed by atoms with E-state index in [0.29, 0.717) is 11.1 Å². The van der Waals surface area contributed by atoms with Crippen molar-refractivity contribution in [1.82, 2.24) is 24.6 Å². The fourth-order valence-corrected chi connectivity index (χ4v) is 2.57. The zero-order valence-corrected chi connectivity index (χ0v) is 10.4. The van der Waals surface area contributed by atoms with E-state index < -0.39 is 0 Å². The van der Waals surface area contributed by atoms with E-state index in [2.05, 4.69) is 31.7 Å². The zero-order valence-electron chi connectivity index (χ0n) is 9.67. The van der Waals surface area contributed by atoms with Gasteiger partial charge in [0.05, 0.1) is 6.33 Å². The number of halogens is 1. The second-order valence-corrected chi connectivity index (χ2v) is 5.08. The molecule has 0 spiro atoms. The summed E-state index contributed by atoms with van der Waals surface area (Å²) >= 11 is 5.79. The van der Waals surface area contributed by atoms with Gasteiger partial charge in [0, 0.05) is 19.2 Å². The molecule has 2 aromatic rings. The largest absolute Gasteiger partial charge is 0.313 e. The summed E-state index contributed by atoms with van der Waals surface area (Å²) in [5, 5.41) is 8.37. The highest BCUT2D eigenvalue weighted by Crippen LogP contribution is 2.19. The van der Waals surface area contributed by atoms with Gasteiger partial charge in [0.2, 0.25) is 0 Å². The van der Waals surface area contributed by atoms with Crippen LogP contribution in [0.5, 0.6) is 0 Å². The Labute approximate surface area is 104 Å². The third kappa shape index (κ3) is 2.12. The summed E-state index contributed by atoms with van der Waals surface area (Å²) in [6.07, 6.45) is 3.06. The first-order chi connectivity index (χ1) is 8.22. The van der Waals surface area contributed by atoms with E-state index in [0.717, 1.165) is 24.3 Å². The monoisotopic (exact) mass is 251 g/mol. The molecule has 3 rings (SSSR count). The Hall–Kier alpha value is -1.20. The Morgan fingerprint density at radius 3 is 3.12 bits per heavy atom. The van der Waals surface area contributed by atoms with Crippen LogP contribution in [-0.4, -0.2) is 44.8 Å². The maximum absolute atomic E-state index is 5.79. The Balaban J connectivity index is 1.85. The first kappa shape index (κ1) is 10.9. The van der Waals surface area contributed by atoms with Crippen molar-refractivity contribution in [3.05, 3.63) is 17.5 Å². The van der Waals surface area contributed by atoms with E-state index in [9.17, 15) is 0 Å². The predicted molar refractivity (Wildman–Crippen MR) is 65.9 cm³/mol. The van der Waals surface area contributed by atoms with Gasteiger partial charge in [-0.3, -0.25) is 0 Å². The number of likely N-dealkylation sites (tertiary alicyclic amines) is 1. The van der Waals surface area contributed by atoms with Gasteiger partial charge in [0.1, 0.15) is 5.52 Å². The lowest BCUT2D eigenvalue weighted by Gasteiger charge is -2.11. The van der Waals surface area contributed by atoms with Crippen LogP contribution < -0.4 is 0 Å². The van der Waals surface area contributed by atoms with Gasteiger partial charge in [0.15, 0.2) is 10.8 Å². The second kappa shape index (κ2) is 4.23. The van der Waals surface area contributed by atoms with Crippen LogP contribution in [0, 0.1) is 5.92 Å². The van der Waals surface area contributed by atoms with Crippen LogP contribution in [0.25, 0.3) is 11.2 Å². The van der Waals surface area contributed by atoms with Crippen LogP contribution in [0.15, 0.2) is 12.4 Å². The fraction of sp³-hybridized carbons (Fsp3) is 0.545. The number of hydrogen-bond acceptors (Lipinski definition) is 4. The predicted octanol–water partition coefficient (Wildman–Crippen LogP) is 1.43. The third-order valence-electron chi connectivity index (χ3n) is 3.28. The molecule has 0 aromatic carbocycles. The van der Waals surface area contributed by atoms with Crippen molar-refractivity contribution in [1.29, 1.82) is 0 Å². The highest BCUT2D eigenvalue weighted by molar-refractivity contribution is 6.29. The summed E-state index contributed by atoms with van der Waals surface area (Å²) in [6.45, 7) is 3.27. The van der Waals surface area contributed by atoms with Gasteiger partial charge in [-0.15, -0.1) is 10.2 Å². The normalized spacial score (nSPS) is 21.4. The topological polar surface area (TPSA) is 46.8 Å². The molecule has 0 amide bonds. The van der Waals surface area contributed by atoms with Crippen LogP contribution >= 0.6 is 11.6 Å². The lowest BCUT2D eigenvalue weighted by molar-refractivity contribution is 0.379. The molecule has 1 atom stereocenters. The molecule has 3 heterocycles. The maximum Gasteiger partial charge on any atom is 0.182 e. The Kier molecular flexibility index (Phi) is 2.72. The second-order valence-electron chi connectivity index (χ2n) is 4.69. The number of imidazole rings is 1. The van der Waals surface area contributed by atoms with E-state index in [1.807, 2.05) is 6.33 Å². The van der Waals surface area contributed by atoms with Crippen molar-refractivity contribution >= 4 is 22.8 Å². The van der Waals surface area contributed by atoms with Crippen molar-refractivity contribution in [2.75, 3.05) is 20.1 Å². The highest BCUT2D eigenvalue weighted by Gasteiger charge is 2.20. The number of fused-ring (bicyclic) bond motifs is 1. The SMILES string of the molecule is CN1CC[C@H](Cn2cnc3cc(Cl)nnc32)C1. The lowest BCUT2D eigenvalue weighted by Crippen LogP contribution is -2.17. The molecule has 1 saturated heterocycles. The molecule has 1 fully saturated rings. The van der Waals surface area contributed by atoms with Crippen molar-refractivity contribution < 1.29 is 0 Å². The number of hydrogen-bond donors (Lipinski definition) is 0. The van der Waals surface area contributed by atoms with Crippen LogP contribution in [0.3, 0.4) is 0 Å². The average molecular weight is 252 g/mol. The summed E-state index contributed by atoms with van der Waals surface area (Å²) < 4.78 is 2.07. The van der Waals surface area contributed by atoms with Gasteiger partial charge < -0.3 is 9.47 Å². The van der Waals surface area contributed by atoms with Gasteiger partial charge in [0.25, 0.3) is 0 Å². The van der Waals surface area contributed by atoms with Gasteiger partial charge in [-0.1, -0.05) is 11.6 Å². The van der Waals surface area contributed by atoms with Crippen molar-refractivity contribution in [2.24, 2.45) is 5.92 Å². The molecule has 17 heavy (non-hydrogen) atoms. The maximum atomic E-state index is 5.79. The molecule has 0 unspecified atom stereocenters. The van der Waals surface area contributed by atoms with E-state index in [-0.39, 0.29) is 0 Å². The molecule has 5 nitrogen and oxygen atoms in total. The van der Waals surface area contributed by atoms with Gasteiger partial charge in [-0.2, -0.15) is 0 Å². The molecule has 0 saturated carbocycles. The Bertz CT molecular complexity index is 538. The van der Waals surface area contributed by atoms with E-state index in [1.54, 1.807) is 6.07 Å². The first-order valence-electron chi connectivity index (χ1n) is 5.75. The van der Waals surface area contributed by atoms with Gasteiger partial charge >= 0.3 is 0 Å². The molecule has 1 aliphatic rings. The summed E-state index contributed by atoms with van der Waals surface area (Å²) in [4.78, 5) is 6.66. The van der Waals surface area contributed by atoms with Gasteiger partial charge in [-0.05, 0) is 25.9 Å². The summed E-state index contributed by atoms with van der Waals surface area (Å²) in [5.74, 6) is 0.676. The fourth-order valence-electron chi connectivity index (χ4n) is 2.43. The summed E-state index contributed by atoms with van der Waals surface area (Å²) in [6, 6.07) is 1.75. The van der Waals surface area contributed by atoms with Crippen LogP contribution in [0.4, 0.5) is 0 Å². The molecule has 0 bridgehead atoms. The van der Waals surface area contributed by atoms with Crippen molar-refractivity contribution in [3.8, 4) is 0 Å². The molecule has 0 aliphatic carbocycles. The van der Waals surface area contributed by atoms with E-state index in [1.165, 1.54) is 13.0 Å². The molecule has 0 radical (unpaired) electrons. The molecule has 6 heteroatoms. The lowest BCUT2D eigenvalue weighted by atomic mass is 10.1. The number of rotatable bonds is 2. The molecule has 0 N–H and O–H groups in total. The van der Waals surface area contributed by atoms with E-state index in [4.69, 9.17) is 11.6 Å². The number of aromatic nitrogens is 4. The standard InChI is InChI=1S/C11H14ClN5/c1-16-3-2-8(5-16)6-17-7-13-9-4-10(12)14-15-11(9)17/h4,7-8H,2-3,5-6H2,1H3/t8-/m0/s1. The number of nitrogens with zero attached hydrogens (tertiary/aromatic N) is 5. The van der Waals surface area contributed by atoms with Gasteiger partial charge in [-0.25, -0.2) is 4.98 Å². The van der Waals surface area contributed by atoms with E-state index >= 15 is 0 Å². The van der Waals surface area contributed by atoms with Crippen LogP contribution in [0.2, 0.25) is 5.15 Å². The van der Waals surface area contributed by atoms with Crippen LogP contribution in [0.1, 0.15) is 6.42 Å². The van der Waals surface area contributed by atoms with Crippen LogP contribution in [-0.2, 0) is 6.54 Å². The Morgan fingerprint density at radius 2 is 2.35 bits per heavy atom. The minimum absolute atomic E-state index is 0.392. The highest BCUT2D eigenvalue weighted by atomic mass is 35.5. The molecule has 1 aliphatic heterocycles. The third-order valence-corrected chi connectivity index (χ3v) is 3.46. The summed E-state index contributed by atoms with van der Waals surface area (Å²) in [5.41, 5.74) is 1.64. The first-order valence-corrected chi connectivity index (χ1v) is 6.13. The quantitative estimate of drug-likeness (QED) is 0.810. The molecular formula is C11H14ClN5. The summed E-state index contributed by atoms with van der Waals surface area (Å²) in [7, 11) is 2.16. The average Bonchev–Trinajstić information content (AvgIpc) is 2.86. The van der Waals surface area contributed by atoms with Crippen molar-refractivity contribution in [3.63, 3.8) is 0 Å². The smallest absolute Gasteiger partial charge is 0.182 e. The minimum Gasteiger partial charge on any atom is -0.313 e.